The van der Waals surface area contributed by atoms with E-state index in [4.69, 9.17) is 18.9 Å². The highest BCUT2D eigenvalue weighted by atomic mass is 16.6. The quantitative estimate of drug-likeness (QED) is 0.791. The highest BCUT2D eigenvalue weighted by Gasteiger charge is 2.23. The lowest BCUT2D eigenvalue weighted by Gasteiger charge is -2.17. The Morgan fingerprint density at radius 2 is 2.00 bits per heavy atom. The van der Waals surface area contributed by atoms with Crippen molar-refractivity contribution in [2.45, 2.75) is 19.6 Å². The number of amides is 1. The second-order valence-corrected chi connectivity index (χ2v) is 4.81. The van der Waals surface area contributed by atoms with Gasteiger partial charge in [-0.3, -0.25) is 4.79 Å². The number of esters is 1. The van der Waals surface area contributed by atoms with E-state index in [1.807, 2.05) is 12.1 Å². The summed E-state index contributed by atoms with van der Waals surface area (Å²) in [5.74, 6) is -0.417. The summed E-state index contributed by atoms with van der Waals surface area (Å²) in [6, 6.07) is 7.29. The largest absolute Gasteiger partial charge is 0.497 e. The molecule has 1 atom stereocenters. The van der Waals surface area contributed by atoms with E-state index in [0.29, 0.717) is 13.2 Å². The molecule has 1 amide bonds. The molecule has 1 aromatic rings. The predicted octanol–water partition coefficient (Wildman–Crippen LogP) is 1.13. The van der Waals surface area contributed by atoms with Crippen molar-refractivity contribution in [3.63, 3.8) is 0 Å². The summed E-state index contributed by atoms with van der Waals surface area (Å²) in [6.07, 6.45) is 0.251. The summed E-state index contributed by atoms with van der Waals surface area (Å²) in [7, 11) is 1.59. The fraction of sp³-hybridized carbons (Fsp3) is 0.375. The molecule has 1 aliphatic heterocycles. The Labute approximate surface area is 134 Å². The van der Waals surface area contributed by atoms with Crippen LogP contribution in [0.25, 0.3) is 0 Å². The molecule has 1 N–H and O–H groups in total. The van der Waals surface area contributed by atoms with Gasteiger partial charge in [-0.25, -0.2) is 4.79 Å². The molecule has 0 aliphatic carbocycles. The molecule has 1 aliphatic rings. The molecule has 124 valence electrons. The van der Waals surface area contributed by atoms with Crippen molar-refractivity contribution in [1.29, 1.82) is 0 Å². The summed E-state index contributed by atoms with van der Waals surface area (Å²) in [5.41, 5.74) is 0.907. The molecule has 1 heterocycles. The number of nitrogens with one attached hydrogen (secondary N) is 1. The van der Waals surface area contributed by atoms with Gasteiger partial charge in [0.15, 0.2) is 6.10 Å². The third-order valence-corrected chi connectivity index (χ3v) is 3.13. The van der Waals surface area contributed by atoms with E-state index in [1.54, 1.807) is 19.2 Å². The molecule has 0 unspecified atom stereocenters. The SMILES string of the molecule is COc1ccc(CNC(=O)[C@@H](C)OC(=O)C2=COCCO2)cc1. The maximum atomic E-state index is 12.0. The summed E-state index contributed by atoms with van der Waals surface area (Å²) in [6.45, 7) is 2.48. The van der Waals surface area contributed by atoms with E-state index in [1.165, 1.54) is 13.2 Å². The van der Waals surface area contributed by atoms with Crippen molar-refractivity contribution in [3.05, 3.63) is 41.9 Å². The molecule has 0 radical (unpaired) electrons. The van der Waals surface area contributed by atoms with Crippen molar-refractivity contribution >= 4 is 11.9 Å². The van der Waals surface area contributed by atoms with Gasteiger partial charge in [0, 0.05) is 6.54 Å². The van der Waals surface area contributed by atoms with E-state index in [-0.39, 0.29) is 12.4 Å². The van der Waals surface area contributed by atoms with Crippen LogP contribution in [-0.2, 0) is 30.3 Å². The number of carbonyl (C=O) groups is 2. The molecule has 0 aromatic heterocycles. The molecule has 1 aromatic carbocycles. The van der Waals surface area contributed by atoms with Gasteiger partial charge in [0.1, 0.15) is 25.2 Å². The minimum absolute atomic E-state index is 0.0361. The van der Waals surface area contributed by atoms with Crippen LogP contribution in [0.15, 0.2) is 36.3 Å². The van der Waals surface area contributed by atoms with Gasteiger partial charge in [-0.2, -0.15) is 0 Å². The van der Waals surface area contributed by atoms with Crippen LogP contribution in [0.1, 0.15) is 12.5 Å². The molecular weight excluding hydrogens is 302 g/mol. The van der Waals surface area contributed by atoms with Crippen molar-refractivity contribution in [3.8, 4) is 5.75 Å². The lowest BCUT2D eigenvalue weighted by atomic mass is 10.2. The number of rotatable bonds is 6. The standard InChI is InChI=1S/C16H19NO6/c1-11(23-16(19)14-10-21-7-8-22-14)15(18)17-9-12-3-5-13(20-2)6-4-12/h3-6,10-11H,7-9H2,1-2H3,(H,17,18)/t11-/m1/s1. The van der Waals surface area contributed by atoms with Crippen LogP contribution in [-0.4, -0.2) is 38.3 Å². The van der Waals surface area contributed by atoms with Crippen LogP contribution in [0.2, 0.25) is 0 Å². The molecule has 0 spiro atoms. The predicted molar refractivity (Wildman–Crippen MR) is 80.4 cm³/mol. The van der Waals surface area contributed by atoms with Crippen molar-refractivity contribution in [2.24, 2.45) is 0 Å². The molecule has 23 heavy (non-hydrogen) atoms. The summed E-state index contributed by atoms with van der Waals surface area (Å²) in [5, 5.41) is 2.70. The minimum atomic E-state index is -0.938. The molecule has 0 fully saturated rings. The van der Waals surface area contributed by atoms with E-state index in [2.05, 4.69) is 5.32 Å². The van der Waals surface area contributed by atoms with Gasteiger partial charge in [0.25, 0.3) is 5.91 Å². The second kappa shape index (κ2) is 8.07. The fourth-order valence-corrected chi connectivity index (χ4v) is 1.82. The lowest BCUT2D eigenvalue weighted by molar-refractivity contribution is -0.155. The lowest BCUT2D eigenvalue weighted by Crippen LogP contribution is -2.36. The molecule has 2 rings (SSSR count). The number of methoxy groups -OCH3 is 1. The number of hydrogen-bond donors (Lipinski definition) is 1. The smallest absolute Gasteiger partial charge is 0.377 e. The Kier molecular flexibility index (Phi) is 5.85. The van der Waals surface area contributed by atoms with Gasteiger partial charge in [-0.15, -0.1) is 0 Å². The average molecular weight is 321 g/mol. The third kappa shape index (κ3) is 4.91. The van der Waals surface area contributed by atoms with Gasteiger partial charge in [0.05, 0.1) is 7.11 Å². The topological polar surface area (TPSA) is 83.1 Å². The van der Waals surface area contributed by atoms with Gasteiger partial charge < -0.3 is 24.3 Å². The summed E-state index contributed by atoms with van der Waals surface area (Å²) in [4.78, 5) is 23.7. The number of benzene rings is 1. The molecule has 7 nitrogen and oxygen atoms in total. The zero-order valence-corrected chi connectivity index (χ0v) is 13.0. The highest BCUT2D eigenvalue weighted by Crippen LogP contribution is 2.11. The second-order valence-electron chi connectivity index (χ2n) is 4.81. The van der Waals surface area contributed by atoms with Crippen LogP contribution < -0.4 is 10.1 Å². The van der Waals surface area contributed by atoms with E-state index in [0.717, 1.165) is 11.3 Å². The first-order chi connectivity index (χ1) is 11.1. The zero-order valence-electron chi connectivity index (χ0n) is 13.0. The number of ether oxygens (including phenoxy) is 4. The number of hydrogen-bond acceptors (Lipinski definition) is 6. The van der Waals surface area contributed by atoms with Crippen LogP contribution in [0.3, 0.4) is 0 Å². The summed E-state index contributed by atoms with van der Waals surface area (Å²) >= 11 is 0. The minimum Gasteiger partial charge on any atom is -0.497 e. The summed E-state index contributed by atoms with van der Waals surface area (Å²) < 4.78 is 20.2. The maximum Gasteiger partial charge on any atom is 0.377 e. The molecule has 0 saturated carbocycles. The molecule has 0 bridgehead atoms. The average Bonchev–Trinajstić information content (AvgIpc) is 2.60. The first-order valence-electron chi connectivity index (χ1n) is 7.16. The Bertz CT molecular complexity index is 581. The first-order valence-corrected chi connectivity index (χ1v) is 7.16. The molecule has 0 saturated heterocycles. The zero-order chi connectivity index (χ0) is 16.7. The van der Waals surface area contributed by atoms with Crippen LogP contribution >= 0.6 is 0 Å². The van der Waals surface area contributed by atoms with Crippen LogP contribution in [0.4, 0.5) is 0 Å². The van der Waals surface area contributed by atoms with Gasteiger partial charge in [-0.05, 0) is 24.6 Å². The molecular formula is C16H19NO6. The Morgan fingerprint density at radius 3 is 2.61 bits per heavy atom. The van der Waals surface area contributed by atoms with Crippen molar-refractivity contribution < 1.29 is 28.5 Å². The Morgan fingerprint density at radius 1 is 1.26 bits per heavy atom. The van der Waals surface area contributed by atoms with Crippen LogP contribution in [0.5, 0.6) is 5.75 Å². The van der Waals surface area contributed by atoms with Gasteiger partial charge >= 0.3 is 5.97 Å². The highest BCUT2D eigenvalue weighted by molar-refractivity contribution is 5.89. The van der Waals surface area contributed by atoms with Gasteiger partial charge in [0.2, 0.25) is 5.76 Å². The monoisotopic (exact) mass is 321 g/mol. The van der Waals surface area contributed by atoms with E-state index in [9.17, 15) is 9.59 Å². The van der Waals surface area contributed by atoms with Gasteiger partial charge in [-0.1, -0.05) is 12.1 Å². The maximum absolute atomic E-state index is 12.0. The van der Waals surface area contributed by atoms with Crippen molar-refractivity contribution in [2.75, 3.05) is 20.3 Å². The third-order valence-electron chi connectivity index (χ3n) is 3.13. The normalized spacial score (nSPS) is 14.6. The Balaban J connectivity index is 1.79. The molecule has 7 heteroatoms. The van der Waals surface area contributed by atoms with Crippen LogP contribution in [0, 0.1) is 0 Å². The number of carbonyl (C=O) groups excluding carboxylic acids is 2. The Hall–Kier alpha value is -2.70. The fourth-order valence-electron chi connectivity index (χ4n) is 1.82. The first kappa shape index (κ1) is 16.7. The van der Waals surface area contributed by atoms with Crippen molar-refractivity contribution in [1.82, 2.24) is 5.32 Å². The van der Waals surface area contributed by atoms with E-state index < -0.39 is 18.0 Å². The van der Waals surface area contributed by atoms with E-state index >= 15 is 0 Å².